The first-order chi connectivity index (χ1) is 12.6. The first kappa shape index (κ1) is 22.3. The summed E-state index contributed by atoms with van der Waals surface area (Å²) in [4.78, 5) is 2.09. The number of nitrogens with zero attached hydrogens (tertiary/aromatic N) is 1. The fraction of sp³-hybridized carbons (Fsp3) is 0.429. The molecule has 0 aromatic heterocycles. The van der Waals surface area contributed by atoms with Crippen LogP contribution >= 0.6 is 27.5 Å². The van der Waals surface area contributed by atoms with Crippen molar-refractivity contribution >= 4 is 27.5 Å². The van der Waals surface area contributed by atoms with Gasteiger partial charge >= 0.3 is 0 Å². The summed E-state index contributed by atoms with van der Waals surface area (Å²) >= 11 is 9.17. The Labute approximate surface area is 174 Å². The molecular formula is C21H27BrClFN2O. The fourth-order valence-electron chi connectivity index (χ4n) is 3.01. The summed E-state index contributed by atoms with van der Waals surface area (Å²) < 4.78 is 14.7. The molecule has 0 aliphatic carbocycles. The number of rotatable bonds is 9. The minimum Gasteiger partial charge on any atom is -0.390 e. The lowest BCUT2D eigenvalue weighted by atomic mass is 9.94. The zero-order valence-electron chi connectivity index (χ0n) is 16.0. The van der Waals surface area contributed by atoms with Gasteiger partial charge in [-0.25, -0.2) is 4.39 Å². The van der Waals surface area contributed by atoms with E-state index >= 15 is 0 Å². The summed E-state index contributed by atoms with van der Waals surface area (Å²) in [5.41, 5.74) is 1.80. The van der Waals surface area contributed by atoms with E-state index in [1.54, 1.807) is 6.07 Å². The Hall–Kier alpha value is -0.980. The van der Waals surface area contributed by atoms with Gasteiger partial charge in [-0.3, -0.25) is 4.90 Å². The number of hydrogen-bond donors (Lipinski definition) is 2. The molecule has 0 aliphatic heterocycles. The Morgan fingerprint density at radius 2 is 1.81 bits per heavy atom. The molecule has 0 fully saturated rings. The molecule has 0 amide bonds. The lowest BCUT2D eigenvalue weighted by Crippen LogP contribution is -2.47. The summed E-state index contributed by atoms with van der Waals surface area (Å²) in [5.74, 6) is -0.403. The van der Waals surface area contributed by atoms with Gasteiger partial charge in [0.1, 0.15) is 5.82 Å². The Morgan fingerprint density at radius 3 is 2.44 bits per heavy atom. The van der Waals surface area contributed by atoms with Crippen molar-refractivity contribution in [3.63, 3.8) is 0 Å². The topological polar surface area (TPSA) is 35.5 Å². The molecule has 2 aromatic rings. The van der Waals surface area contributed by atoms with Gasteiger partial charge in [-0.05, 0) is 62.7 Å². The smallest absolute Gasteiger partial charge is 0.142 e. The van der Waals surface area contributed by atoms with Crippen LogP contribution in [0.2, 0.25) is 5.02 Å². The van der Waals surface area contributed by atoms with E-state index in [0.717, 1.165) is 16.6 Å². The fourth-order valence-corrected chi connectivity index (χ4v) is 3.39. The van der Waals surface area contributed by atoms with Crippen molar-refractivity contribution in [3.05, 3.63) is 68.9 Å². The van der Waals surface area contributed by atoms with Gasteiger partial charge in [-0.2, -0.15) is 0 Å². The Balaban J connectivity index is 1.79. The maximum Gasteiger partial charge on any atom is 0.142 e. The highest BCUT2D eigenvalue weighted by Crippen LogP contribution is 2.19. The van der Waals surface area contributed by atoms with Gasteiger partial charge in [0.2, 0.25) is 0 Å². The van der Waals surface area contributed by atoms with Crippen molar-refractivity contribution in [1.29, 1.82) is 0 Å². The molecule has 0 heterocycles. The summed E-state index contributed by atoms with van der Waals surface area (Å²) in [6.07, 6.45) is 0.148. The lowest BCUT2D eigenvalue weighted by Gasteiger charge is -2.29. The number of likely N-dealkylation sites (N-methyl/N-ethyl adjacent to an activating group) is 1. The first-order valence-corrected chi connectivity index (χ1v) is 10.1. The lowest BCUT2D eigenvalue weighted by molar-refractivity contribution is 0.113. The summed E-state index contributed by atoms with van der Waals surface area (Å²) in [7, 11) is 1.99. The molecule has 0 spiro atoms. The Morgan fingerprint density at radius 1 is 1.19 bits per heavy atom. The highest BCUT2D eigenvalue weighted by Gasteiger charge is 2.20. The van der Waals surface area contributed by atoms with E-state index in [1.807, 2.05) is 39.1 Å². The van der Waals surface area contributed by atoms with Crippen LogP contribution in [0.3, 0.4) is 0 Å². The molecule has 6 heteroatoms. The van der Waals surface area contributed by atoms with Crippen molar-refractivity contribution in [2.24, 2.45) is 0 Å². The van der Waals surface area contributed by atoms with Crippen molar-refractivity contribution in [2.45, 2.75) is 38.5 Å². The molecule has 3 nitrogen and oxygen atoms in total. The minimum absolute atomic E-state index is 0.133. The molecule has 0 saturated carbocycles. The van der Waals surface area contributed by atoms with Crippen molar-refractivity contribution in [1.82, 2.24) is 10.2 Å². The van der Waals surface area contributed by atoms with Crippen molar-refractivity contribution < 1.29 is 9.50 Å². The molecule has 0 aliphatic rings. The maximum atomic E-state index is 13.6. The second-order valence-electron chi connectivity index (χ2n) is 7.67. The van der Waals surface area contributed by atoms with Crippen LogP contribution < -0.4 is 5.32 Å². The van der Waals surface area contributed by atoms with Crippen LogP contribution in [0, 0.1) is 5.82 Å². The highest BCUT2D eigenvalue weighted by atomic mass is 79.9. The summed E-state index contributed by atoms with van der Waals surface area (Å²) in [6, 6.07) is 13.0. The minimum atomic E-state index is -0.494. The Bertz CT molecular complexity index is 739. The molecule has 0 bridgehead atoms. The monoisotopic (exact) mass is 456 g/mol. The molecule has 0 saturated heterocycles. The normalized spacial score (nSPS) is 13.2. The molecule has 0 unspecified atom stereocenters. The third kappa shape index (κ3) is 7.88. The van der Waals surface area contributed by atoms with Crippen molar-refractivity contribution in [3.8, 4) is 0 Å². The first-order valence-electron chi connectivity index (χ1n) is 8.94. The SMILES string of the molecule is CN(Cc1ccc(Br)cc1)C[C@H](O)CNC(C)(C)Cc1ccc(Cl)c(F)c1. The molecular weight excluding hydrogens is 431 g/mol. The standard InChI is InChI=1S/C21H27BrClFN2O/c1-21(2,11-16-6-9-19(23)20(24)10-16)25-12-18(27)14-26(3)13-15-4-7-17(22)8-5-15/h4-10,18,25,27H,11-14H2,1-3H3/t18-/m1/s1. The van der Waals surface area contributed by atoms with E-state index in [9.17, 15) is 9.50 Å². The second kappa shape index (κ2) is 9.99. The molecule has 2 aromatic carbocycles. The number of β-amino-alcohol motifs (C(OH)–C–C–N with tert-alkyl or cyclic N) is 1. The maximum absolute atomic E-state index is 13.6. The number of benzene rings is 2. The van der Waals surface area contributed by atoms with Crippen LogP contribution in [0.4, 0.5) is 4.39 Å². The van der Waals surface area contributed by atoms with Crippen molar-refractivity contribution in [2.75, 3.05) is 20.1 Å². The van der Waals surface area contributed by atoms with Crippen LogP contribution in [-0.4, -0.2) is 41.8 Å². The number of halogens is 3. The molecule has 2 N–H and O–H groups in total. The van der Waals surface area contributed by atoms with Crippen LogP contribution in [-0.2, 0) is 13.0 Å². The quantitative estimate of drug-likeness (QED) is 0.575. The third-order valence-corrected chi connectivity index (χ3v) is 5.17. The van der Waals surface area contributed by atoms with E-state index in [4.69, 9.17) is 11.6 Å². The molecule has 0 radical (unpaired) electrons. The summed E-state index contributed by atoms with van der Waals surface area (Å²) in [6.45, 7) is 5.88. The number of nitrogens with one attached hydrogen (secondary N) is 1. The summed E-state index contributed by atoms with van der Waals surface area (Å²) in [5, 5.41) is 13.9. The molecule has 148 valence electrons. The largest absolute Gasteiger partial charge is 0.390 e. The van der Waals surface area contributed by atoms with Gasteiger partial charge in [0.15, 0.2) is 0 Å². The zero-order chi connectivity index (χ0) is 20.0. The third-order valence-electron chi connectivity index (χ3n) is 4.33. The number of hydrogen-bond acceptors (Lipinski definition) is 3. The Kier molecular flexibility index (Phi) is 8.25. The molecule has 1 atom stereocenters. The van der Waals surface area contributed by atoms with Crippen LogP contribution in [0.5, 0.6) is 0 Å². The van der Waals surface area contributed by atoms with Gasteiger partial charge < -0.3 is 10.4 Å². The van der Waals surface area contributed by atoms with E-state index < -0.39 is 11.9 Å². The van der Waals surface area contributed by atoms with E-state index in [0.29, 0.717) is 19.5 Å². The van der Waals surface area contributed by atoms with Crippen LogP contribution in [0.1, 0.15) is 25.0 Å². The zero-order valence-corrected chi connectivity index (χ0v) is 18.3. The van der Waals surface area contributed by atoms with Crippen LogP contribution in [0.15, 0.2) is 46.9 Å². The number of aliphatic hydroxyl groups is 1. The predicted octanol–water partition coefficient (Wildman–Crippen LogP) is 4.65. The number of aliphatic hydroxyl groups excluding tert-OH is 1. The van der Waals surface area contributed by atoms with Gasteiger partial charge in [-0.1, -0.05) is 45.7 Å². The van der Waals surface area contributed by atoms with E-state index in [-0.39, 0.29) is 10.6 Å². The van der Waals surface area contributed by atoms with Gasteiger partial charge in [0.05, 0.1) is 11.1 Å². The van der Waals surface area contributed by atoms with Gasteiger partial charge in [-0.15, -0.1) is 0 Å². The molecule has 27 heavy (non-hydrogen) atoms. The van der Waals surface area contributed by atoms with E-state index in [1.165, 1.54) is 11.6 Å². The predicted molar refractivity (Wildman–Crippen MR) is 114 cm³/mol. The average Bonchev–Trinajstić information content (AvgIpc) is 2.58. The average molecular weight is 458 g/mol. The van der Waals surface area contributed by atoms with Gasteiger partial charge in [0.25, 0.3) is 0 Å². The highest BCUT2D eigenvalue weighted by molar-refractivity contribution is 9.10. The van der Waals surface area contributed by atoms with E-state index in [2.05, 4.69) is 38.3 Å². The second-order valence-corrected chi connectivity index (χ2v) is 8.99. The van der Waals surface area contributed by atoms with Gasteiger partial charge in [0, 0.05) is 29.6 Å². The molecule has 2 rings (SSSR count). The van der Waals surface area contributed by atoms with Crippen LogP contribution in [0.25, 0.3) is 0 Å².